The number of amides is 3. The molecule has 23 heavy (non-hydrogen) atoms. The molecule has 0 saturated heterocycles. The molecule has 1 aliphatic rings. The maximum Gasteiger partial charge on any atom is 0.265 e. The minimum absolute atomic E-state index is 0.136. The summed E-state index contributed by atoms with van der Waals surface area (Å²) >= 11 is 0. The van der Waals surface area contributed by atoms with E-state index in [1.807, 2.05) is 0 Å². The molecular formula is C16H19N3O4. The number of carbonyl (C=O) groups is 3. The smallest absolute Gasteiger partial charge is 0.265 e. The van der Waals surface area contributed by atoms with Gasteiger partial charge in [0.1, 0.15) is 12.3 Å². The molecular weight excluding hydrogens is 298 g/mol. The zero-order valence-corrected chi connectivity index (χ0v) is 13.2. The van der Waals surface area contributed by atoms with Crippen LogP contribution in [-0.4, -0.2) is 56.4 Å². The predicted octanol–water partition coefficient (Wildman–Crippen LogP) is 0.416. The third kappa shape index (κ3) is 3.68. The molecule has 1 heterocycles. The molecule has 0 fully saturated rings. The fraction of sp³-hybridized carbons (Fsp3) is 0.312. The first kappa shape index (κ1) is 16.5. The van der Waals surface area contributed by atoms with Crippen molar-refractivity contribution >= 4 is 23.4 Å². The largest absolute Gasteiger partial charge is 0.482 e. The van der Waals surface area contributed by atoms with E-state index in [1.165, 1.54) is 9.80 Å². The van der Waals surface area contributed by atoms with E-state index in [1.54, 1.807) is 38.4 Å². The lowest BCUT2D eigenvalue weighted by Gasteiger charge is -2.29. The Hall–Kier alpha value is -2.83. The highest BCUT2D eigenvalue weighted by Crippen LogP contribution is 2.33. The van der Waals surface area contributed by atoms with Crippen molar-refractivity contribution in [1.29, 1.82) is 0 Å². The van der Waals surface area contributed by atoms with Crippen molar-refractivity contribution in [3.63, 3.8) is 0 Å². The SMILES string of the molecule is C=CCNC(=O)CN1C(=O)COc2ccc(C(=O)N(C)C)cc21. The second-order valence-corrected chi connectivity index (χ2v) is 5.24. The summed E-state index contributed by atoms with van der Waals surface area (Å²) in [6, 6.07) is 4.83. The summed E-state index contributed by atoms with van der Waals surface area (Å²) in [5, 5.41) is 2.62. The van der Waals surface area contributed by atoms with Crippen LogP contribution in [0.25, 0.3) is 0 Å². The van der Waals surface area contributed by atoms with Crippen LogP contribution in [0.1, 0.15) is 10.4 Å². The van der Waals surface area contributed by atoms with Crippen molar-refractivity contribution in [3.8, 4) is 5.75 Å². The van der Waals surface area contributed by atoms with E-state index in [0.29, 0.717) is 23.5 Å². The maximum atomic E-state index is 12.1. The van der Waals surface area contributed by atoms with Crippen LogP contribution in [0.2, 0.25) is 0 Å². The van der Waals surface area contributed by atoms with Crippen molar-refractivity contribution in [2.75, 3.05) is 38.7 Å². The Labute approximate surface area is 134 Å². The van der Waals surface area contributed by atoms with Crippen molar-refractivity contribution in [3.05, 3.63) is 36.4 Å². The van der Waals surface area contributed by atoms with Gasteiger partial charge >= 0.3 is 0 Å². The number of rotatable bonds is 5. The van der Waals surface area contributed by atoms with Gasteiger partial charge in [-0.15, -0.1) is 6.58 Å². The minimum atomic E-state index is -0.333. The van der Waals surface area contributed by atoms with E-state index in [9.17, 15) is 14.4 Å². The molecule has 0 radical (unpaired) electrons. The third-order valence-corrected chi connectivity index (χ3v) is 3.30. The van der Waals surface area contributed by atoms with Gasteiger partial charge in [0.2, 0.25) is 5.91 Å². The van der Waals surface area contributed by atoms with Gasteiger partial charge < -0.3 is 15.0 Å². The van der Waals surface area contributed by atoms with E-state index in [2.05, 4.69) is 11.9 Å². The van der Waals surface area contributed by atoms with Gasteiger partial charge in [-0.1, -0.05) is 6.08 Å². The molecule has 1 N–H and O–H groups in total. The number of carbonyl (C=O) groups excluding carboxylic acids is 3. The number of benzene rings is 1. The molecule has 0 saturated carbocycles. The number of nitrogens with zero attached hydrogens (tertiary/aromatic N) is 2. The first-order chi connectivity index (χ1) is 10.9. The van der Waals surface area contributed by atoms with Crippen molar-refractivity contribution in [1.82, 2.24) is 10.2 Å². The molecule has 2 rings (SSSR count). The van der Waals surface area contributed by atoms with Crippen molar-refractivity contribution in [2.45, 2.75) is 0 Å². The Kier molecular flexibility index (Phi) is 5.00. The molecule has 7 heteroatoms. The van der Waals surface area contributed by atoms with Gasteiger partial charge in [-0.05, 0) is 18.2 Å². The van der Waals surface area contributed by atoms with Gasteiger partial charge in [0.15, 0.2) is 6.61 Å². The first-order valence-corrected chi connectivity index (χ1v) is 7.10. The summed E-state index contributed by atoms with van der Waals surface area (Å²) in [6.07, 6.45) is 1.56. The summed E-state index contributed by atoms with van der Waals surface area (Å²) in [5.41, 5.74) is 0.839. The van der Waals surface area contributed by atoms with Gasteiger partial charge in [-0.2, -0.15) is 0 Å². The fourth-order valence-corrected chi connectivity index (χ4v) is 2.15. The average molecular weight is 317 g/mol. The van der Waals surface area contributed by atoms with E-state index in [0.717, 1.165) is 0 Å². The highest BCUT2D eigenvalue weighted by atomic mass is 16.5. The zero-order valence-electron chi connectivity index (χ0n) is 13.2. The third-order valence-electron chi connectivity index (χ3n) is 3.30. The van der Waals surface area contributed by atoms with Gasteiger partial charge in [-0.3, -0.25) is 19.3 Å². The van der Waals surface area contributed by atoms with E-state index in [-0.39, 0.29) is 30.9 Å². The highest BCUT2D eigenvalue weighted by Gasteiger charge is 2.28. The number of hydrogen-bond donors (Lipinski definition) is 1. The molecule has 0 bridgehead atoms. The van der Waals surface area contributed by atoms with E-state index < -0.39 is 0 Å². The van der Waals surface area contributed by atoms with Crippen LogP contribution in [-0.2, 0) is 9.59 Å². The maximum absolute atomic E-state index is 12.1. The summed E-state index contributed by atoms with van der Waals surface area (Å²) < 4.78 is 5.36. The molecule has 0 aliphatic carbocycles. The average Bonchev–Trinajstić information content (AvgIpc) is 2.54. The quantitative estimate of drug-likeness (QED) is 0.798. The monoisotopic (exact) mass is 317 g/mol. The number of fused-ring (bicyclic) bond motifs is 1. The molecule has 1 aliphatic heterocycles. The van der Waals surface area contributed by atoms with Crippen LogP contribution >= 0.6 is 0 Å². The van der Waals surface area contributed by atoms with Crippen LogP contribution in [0.15, 0.2) is 30.9 Å². The topological polar surface area (TPSA) is 79.0 Å². The second-order valence-electron chi connectivity index (χ2n) is 5.24. The van der Waals surface area contributed by atoms with Crippen molar-refractivity contribution in [2.24, 2.45) is 0 Å². The number of hydrogen-bond acceptors (Lipinski definition) is 4. The fourth-order valence-electron chi connectivity index (χ4n) is 2.15. The molecule has 122 valence electrons. The molecule has 0 aromatic heterocycles. The zero-order chi connectivity index (χ0) is 17.0. The Morgan fingerprint density at radius 1 is 1.43 bits per heavy atom. The minimum Gasteiger partial charge on any atom is -0.482 e. The number of nitrogens with one attached hydrogen (secondary N) is 1. The summed E-state index contributed by atoms with van der Waals surface area (Å²) in [6.45, 7) is 3.57. The van der Waals surface area contributed by atoms with Crippen LogP contribution in [0.5, 0.6) is 5.75 Å². The molecule has 0 atom stereocenters. The van der Waals surface area contributed by atoms with Crippen LogP contribution in [0.4, 0.5) is 5.69 Å². The Balaban J connectivity index is 2.30. The Morgan fingerprint density at radius 2 is 2.17 bits per heavy atom. The van der Waals surface area contributed by atoms with Crippen LogP contribution in [0.3, 0.4) is 0 Å². The Morgan fingerprint density at radius 3 is 2.83 bits per heavy atom. The van der Waals surface area contributed by atoms with Gasteiger partial charge in [0.05, 0.1) is 5.69 Å². The summed E-state index contributed by atoms with van der Waals surface area (Å²) in [5.74, 6) is -0.366. The molecule has 1 aromatic carbocycles. The normalized spacial score (nSPS) is 13.0. The molecule has 1 aromatic rings. The molecule has 0 unspecified atom stereocenters. The Bertz CT molecular complexity index is 655. The molecule has 3 amide bonds. The number of ether oxygens (including phenoxy) is 1. The number of anilines is 1. The first-order valence-electron chi connectivity index (χ1n) is 7.10. The van der Waals surface area contributed by atoms with Crippen LogP contribution in [0, 0.1) is 0 Å². The standard InChI is InChI=1S/C16H19N3O4/c1-4-7-17-14(20)9-19-12-8-11(16(22)18(2)3)5-6-13(12)23-10-15(19)21/h4-6,8H,1,7,9-10H2,2-3H3,(H,17,20). The summed E-state index contributed by atoms with van der Waals surface area (Å²) in [7, 11) is 3.29. The van der Waals surface area contributed by atoms with E-state index in [4.69, 9.17) is 4.74 Å². The molecule has 7 nitrogen and oxygen atoms in total. The second kappa shape index (κ2) is 6.95. The lowest BCUT2D eigenvalue weighted by Crippen LogP contribution is -2.45. The summed E-state index contributed by atoms with van der Waals surface area (Å²) in [4.78, 5) is 38.8. The van der Waals surface area contributed by atoms with Gasteiger partial charge in [0, 0.05) is 26.2 Å². The molecule has 0 spiro atoms. The van der Waals surface area contributed by atoms with Crippen LogP contribution < -0.4 is 15.0 Å². The van der Waals surface area contributed by atoms with Gasteiger partial charge in [-0.25, -0.2) is 0 Å². The lowest BCUT2D eigenvalue weighted by atomic mass is 10.1. The van der Waals surface area contributed by atoms with E-state index >= 15 is 0 Å². The van der Waals surface area contributed by atoms with Crippen molar-refractivity contribution < 1.29 is 19.1 Å². The predicted molar refractivity (Wildman–Crippen MR) is 85.5 cm³/mol. The highest BCUT2D eigenvalue weighted by molar-refractivity contribution is 6.04. The van der Waals surface area contributed by atoms with Gasteiger partial charge in [0.25, 0.3) is 11.8 Å². The lowest BCUT2D eigenvalue weighted by molar-refractivity contribution is -0.125.